The Morgan fingerprint density at radius 2 is 0.471 bits per heavy atom. The number of alkyl halides is 12. The zero-order chi connectivity index (χ0) is 14.5. The molecule has 0 aromatic heterocycles. The third kappa shape index (κ3) is 2.35. The van der Waals surface area contributed by atoms with Crippen molar-refractivity contribution in [1.82, 2.24) is 0 Å². The van der Waals surface area contributed by atoms with Crippen LogP contribution < -0.4 is 0 Å². The van der Waals surface area contributed by atoms with Gasteiger partial charge < -0.3 is 0 Å². The second-order valence-corrected chi connectivity index (χ2v) is 12.2. The van der Waals surface area contributed by atoms with Crippen molar-refractivity contribution in [2.75, 3.05) is 0 Å². The Morgan fingerprint density at radius 1 is 0.353 bits per heavy atom. The summed E-state index contributed by atoms with van der Waals surface area (Å²) in [5.74, 6) is 0. The minimum atomic E-state index is -10.5. The van der Waals surface area contributed by atoms with E-state index in [9.17, 15) is 52.7 Å². The molecule has 13 heteroatoms. The van der Waals surface area contributed by atoms with Crippen LogP contribution in [0.5, 0.6) is 0 Å². The van der Waals surface area contributed by atoms with E-state index in [-0.39, 0.29) is 0 Å². The van der Waals surface area contributed by atoms with Gasteiger partial charge in [-0.05, 0) is 0 Å². The molecular weight excluding hydrogens is 346 g/mol. The second kappa shape index (κ2) is 3.90. The second-order valence-electron chi connectivity index (χ2n) is 3.03. The maximum atomic E-state index is 11.8. The predicted molar refractivity (Wildman–Crippen MR) is 30.0 cm³/mol. The van der Waals surface area contributed by atoms with Gasteiger partial charge in [-0.25, -0.2) is 0 Å². The summed E-state index contributed by atoms with van der Waals surface area (Å²) in [6, 6.07) is 0. The van der Waals surface area contributed by atoms with Crippen LogP contribution in [0.4, 0.5) is 52.7 Å². The van der Waals surface area contributed by atoms with Gasteiger partial charge in [0.2, 0.25) is 0 Å². The average molecular weight is 346 g/mol. The van der Waals surface area contributed by atoms with Gasteiger partial charge in [-0.15, -0.1) is 0 Å². The monoisotopic (exact) mass is 345 g/mol. The zero-order valence-electron chi connectivity index (χ0n) is 7.11. The molecule has 0 aliphatic carbocycles. The molecule has 104 valence electrons. The molecular formula is C4F12Ga-. The molecule has 0 unspecified atom stereocenters. The molecule has 0 saturated heterocycles. The van der Waals surface area contributed by atoms with E-state index in [1.165, 1.54) is 0 Å². The van der Waals surface area contributed by atoms with E-state index in [1.807, 2.05) is 0 Å². The minimum absolute atomic E-state index is 7.41. The Hall–Kier alpha value is -0.204. The van der Waals surface area contributed by atoms with Crippen molar-refractivity contribution in [2.24, 2.45) is 0 Å². The van der Waals surface area contributed by atoms with Crippen LogP contribution in [0, 0.1) is 0 Å². The van der Waals surface area contributed by atoms with Crippen LogP contribution in [0.2, 0.25) is 0 Å². The molecule has 0 aliphatic heterocycles. The summed E-state index contributed by atoms with van der Waals surface area (Å²) in [5, 5.41) is 0. The summed E-state index contributed by atoms with van der Waals surface area (Å²) in [5.41, 5.74) is 0. The van der Waals surface area contributed by atoms with Crippen LogP contribution in [0.25, 0.3) is 0 Å². The third-order valence-electron chi connectivity index (χ3n) is 1.96. The molecule has 0 spiro atoms. The molecule has 0 atom stereocenters. The SMILES string of the molecule is F[C](F)(F)[Ga-]([C](F)(F)F)([C](F)(F)F)[C](F)(F)F. The fraction of sp³-hybridized carbons (Fsp3) is 1.00. The molecule has 0 bridgehead atoms. The first-order chi connectivity index (χ1) is 7.00. The van der Waals surface area contributed by atoms with Crippen LogP contribution in [-0.2, 0) is 0 Å². The van der Waals surface area contributed by atoms with Crippen LogP contribution in [0.15, 0.2) is 0 Å². The topological polar surface area (TPSA) is 0 Å². The van der Waals surface area contributed by atoms with Gasteiger partial charge in [0, 0.05) is 0 Å². The van der Waals surface area contributed by atoms with Crippen molar-refractivity contribution in [3.63, 3.8) is 0 Å². The number of hydrogen-bond donors (Lipinski definition) is 0. The van der Waals surface area contributed by atoms with Gasteiger partial charge in [0.1, 0.15) is 0 Å². The van der Waals surface area contributed by atoms with Crippen molar-refractivity contribution in [1.29, 1.82) is 0 Å². The molecule has 0 N–H and O–H groups in total. The predicted octanol–water partition coefficient (Wildman–Crippen LogP) is 3.84. The van der Waals surface area contributed by atoms with Crippen molar-refractivity contribution < 1.29 is 52.7 Å². The molecule has 0 amide bonds. The van der Waals surface area contributed by atoms with Gasteiger partial charge in [-0.3, -0.25) is 0 Å². The van der Waals surface area contributed by atoms with Crippen LogP contribution in [-0.4, -0.2) is 33.9 Å². The molecule has 0 aliphatic rings. The van der Waals surface area contributed by atoms with Gasteiger partial charge in [-0.1, -0.05) is 0 Å². The fourth-order valence-electron chi connectivity index (χ4n) is 1.11. The molecule has 17 heavy (non-hydrogen) atoms. The molecule has 0 rings (SSSR count). The maximum absolute atomic E-state index is 11.8. The van der Waals surface area contributed by atoms with Crippen LogP contribution >= 0.6 is 0 Å². The van der Waals surface area contributed by atoms with Gasteiger partial charge in [0.15, 0.2) is 0 Å². The van der Waals surface area contributed by atoms with Crippen molar-refractivity contribution in [3.8, 4) is 0 Å². The van der Waals surface area contributed by atoms with Gasteiger partial charge in [0.05, 0.1) is 0 Å². The Labute approximate surface area is 87.5 Å². The molecule has 0 nitrogen and oxygen atoms in total. The summed E-state index contributed by atoms with van der Waals surface area (Å²) in [6.07, 6.45) is 0. The molecule has 0 heterocycles. The Balaban J connectivity index is 6.37. The number of hydrogen-bond acceptors (Lipinski definition) is 0. The van der Waals surface area contributed by atoms with Crippen LogP contribution in [0.1, 0.15) is 0 Å². The summed E-state index contributed by atoms with van der Waals surface area (Å²) in [6.45, 7) is 0. The van der Waals surface area contributed by atoms with E-state index in [1.54, 1.807) is 0 Å². The molecule has 0 fully saturated rings. The molecule has 0 aromatic carbocycles. The van der Waals surface area contributed by atoms with E-state index < -0.39 is 33.9 Å². The standard InChI is InChI=1S/4CF3.Ga/c4*2-1(3)4;/q;;;;-1. The average Bonchev–Trinajstić information content (AvgIpc) is 1.67. The summed E-state index contributed by atoms with van der Waals surface area (Å²) in [4.78, 5) is 0. The fourth-order valence-corrected chi connectivity index (χ4v) is 5.79. The normalized spacial score (nSPS) is 16.2. The van der Waals surface area contributed by atoms with Gasteiger partial charge in [0.25, 0.3) is 0 Å². The van der Waals surface area contributed by atoms with E-state index in [4.69, 9.17) is 0 Å². The first-order valence-electron chi connectivity index (χ1n) is 3.42. The zero-order valence-corrected chi connectivity index (χ0v) is 9.54. The van der Waals surface area contributed by atoms with Gasteiger partial charge >= 0.3 is 86.6 Å². The van der Waals surface area contributed by atoms with Crippen molar-refractivity contribution in [2.45, 2.75) is 18.9 Å². The number of halogens is 12. The quantitative estimate of drug-likeness (QED) is 0.462. The first kappa shape index (κ1) is 16.8. The van der Waals surface area contributed by atoms with E-state index in [0.29, 0.717) is 0 Å². The number of rotatable bonds is 0. The van der Waals surface area contributed by atoms with E-state index in [0.717, 1.165) is 0 Å². The molecule has 0 saturated carbocycles. The Bertz CT molecular complexity index is 211. The summed E-state index contributed by atoms with van der Waals surface area (Å²) < 4.78 is 112. The summed E-state index contributed by atoms with van der Waals surface area (Å²) in [7, 11) is 0. The van der Waals surface area contributed by atoms with E-state index >= 15 is 0 Å². The van der Waals surface area contributed by atoms with Crippen molar-refractivity contribution >= 4 is 15.0 Å². The Morgan fingerprint density at radius 3 is 0.471 bits per heavy atom. The molecule has 0 aromatic rings. The van der Waals surface area contributed by atoms with E-state index in [2.05, 4.69) is 0 Å². The molecule has 0 radical (unpaired) electrons. The first-order valence-corrected chi connectivity index (χ1v) is 8.27. The third-order valence-corrected chi connectivity index (χ3v) is 10.2. The van der Waals surface area contributed by atoms with Gasteiger partial charge in [-0.2, -0.15) is 0 Å². The summed E-state index contributed by atoms with van der Waals surface area (Å²) >= 11 is -10.5. The Kier molecular flexibility index (Phi) is 3.85. The van der Waals surface area contributed by atoms with Crippen LogP contribution in [0.3, 0.4) is 0 Å². The van der Waals surface area contributed by atoms with Crippen molar-refractivity contribution in [3.05, 3.63) is 0 Å².